The normalized spacial score (nSPS) is 29.4. The van der Waals surface area contributed by atoms with E-state index in [9.17, 15) is 19.2 Å². The lowest BCUT2D eigenvalue weighted by molar-refractivity contribution is -0.135. The zero-order chi connectivity index (χ0) is 23.8. The summed E-state index contributed by atoms with van der Waals surface area (Å²) < 4.78 is 5.08. The van der Waals surface area contributed by atoms with Crippen LogP contribution < -0.4 is 15.0 Å². The van der Waals surface area contributed by atoms with Gasteiger partial charge in [0.15, 0.2) is 0 Å². The summed E-state index contributed by atoms with van der Waals surface area (Å²) in [6, 6.07) is 12.1. The molecule has 2 aromatic carbocycles. The molecule has 3 fully saturated rings. The number of hydrogen-bond acceptors (Lipinski definition) is 6. The van der Waals surface area contributed by atoms with E-state index in [0.29, 0.717) is 18.0 Å². The number of carbonyl (C=O) groups excluding carboxylic acids is 4. The highest BCUT2D eigenvalue weighted by Gasteiger charge is 2.74. The molecule has 0 bridgehead atoms. The van der Waals surface area contributed by atoms with Gasteiger partial charge in [-0.1, -0.05) is 19.1 Å². The fraction of sp³-hybridized carbons (Fsp3) is 0.385. The summed E-state index contributed by atoms with van der Waals surface area (Å²) >= 11 is 0. The maximum Gasteiger partial charge on any atom is 0.308 e. The molecule has 4 aliphatic rings. The van der Waals surface area contributed by atoms with Gasteiger partial charge in [0.05, 0.1) is 17.5 Å². The van der Waals surface area contributed by atoms with Crippen LogP contribution in [0.2, 0.25) is 0 Å². The van der Waals surface area contributed by atoms with Crippen molar-refractivity contribution < 1.29 is 23.9 Å². The van der Waals surface area contributed by atoms with Crippen LogP contribution in [0.25, 0.3) is 0 Å². The highest BCUT2D eigenvalue weighted by molar-refractivity contribution is 6.25. The first kappa shape index (κ1) is 21.0. The van der Waals surface area contributed by atoms with Gasteiger partial charge < -0.3 is 10.1 Å². The molecule has 4 atom stereocenters. The molecule has 8 heteroatoms. The van der Waals surface area contributed by atoms with Crippen LogP contribution in [0, 0.1) is 11.8 Å². The molecule has 2 aromatic rings. The average molecular weight is 460 g/mol. The second kappa shape index (κ2) is 7.24. The standard InChI is InChI=1S/C26H25N3O5/c1-3-15-6-11-19-18(13-15)26(25(33)27-19)22-21(20-5-4-12-28(20)26)23(31)29(24(22)32)16-7-9-17(10-8-16)34-14(2)30/h6-11,13,20-22H,3-5,12H2,1-2H3,(H,27,33)/t20-,21-,22-,26+/m1/s1. The number of carbonyl (C=O) groups is 4. The van der Waals surface area contributed by atoms with Gasteiger partial charge in [0.25, 0.3) is 0 Å². The monoisotopic (exact) mass is 459 g/mol. The summed E-state index contributed by atoms with van der Waals surface area (Å²) in [5.41, 5.74) is 1.86. The molecule has 3 saturated heterocycles. The largest absolute Gasteiger partial charge is 0.427 e. The number of nitrogens with one attached hydrogen (secondary N) is 1. The highest BCUT2D eigenvalue weighted by atomic mass is 16.5. The van der Waals surface area contributed by atoms with Crippen molar-refractivity contribution in [2.45, 2.75) is 44.7 Å². The number of nitrogens with zero attached hydrogens (tertiary/aromatic N) is 2. The van der Waals surface area contributed by atoms with Crippen LogP contribution in [-0.2, 0) is 31.1 Å². The zero-order valence-electron chi connectivity index (χ0n) is 19.0. The molecule has 174 valence electrons. The van der Waals surface area contributed by atoms with Crippen LogP contribution in [0.1, 0.15) is 37.8 Å². The number of benzene rings is 2. The van der Waals surface area contributed by atoms with Crippen LogP contribution in [0.5, 0.6) is 5.75 Å². The second-order valence-corrected chi connectivity index (χ2v) is 9.46. The van der Waals surface area contributed by atoms with Crippen LogP contribution in [0.15, 0.2) is 42.5 Å². The van der Waals surface area contributed by atoms with Gasteiger partial charge in [-0.15, -0.1) is 0 Å². The van der Waals surface area contributed by atoms with Crippen LogP contribution in [-0.4, -0.2) is 41.2 Å². The number of fused-ring (bicyclic) bond motifs is 7. The minimum atomic E-state index is -1.18. The SMILES string of the molecule is CCc1ccc2c(c1)[C@@]1(C(=O)N2)[C@H]2C(=O)N(c3ccc(OC(C)=O)cc3)C(=O)[C@@H]2[C@H]2CCCN21. The van der Waals surface area contributed by atoms with Crippen LogP contribution in [0.4, 0.5) is 11.4 Å². The number of aryl methyl sites for hydroxylation is 1. The van der Waals surface area contributed by atoms with E-state index in [1.807, 2.05) is 18.2 Å². The Kier molecular flexibility index (Phi) is 4.48. The number of hydrogen-bond donors (Lipinski definition) is 1. The predicted octanol–water partition coefficient (Wildman–Crippen LogP) is 2.61. The number of imide groups is 1. The molecule has 0 unspecified atom stereocenters. The Bertz CT molecular complexity index is 1260. The van der Waals surface area contributed by atoms with E-state index in [-0.39, 0.29) is 23.8 Å². The van der Waals surface area contributed by atoms with Crippen LogP contribution >= 0.6 is 0 Å². The minimum Gasteiger partial charge on any atom is -0.427 e. The minimum absolute atomic E-state index is 0.159. The van der Waals surface area contributed by atoms with E-state index in [0.717, 1.165) is 36.1 Å². The third kappa shape index (κ3) is 2.57. The lowest BCUT2D eigenvalue weighted by Gasteiger charge is -2.36. The first-order chi connectivity index (χ1) is 16.4. The summed E-state index contributed by atoms with van der Waals surface area (Å²) in [6.45, 7) is 4.04. The summed E-state index contributed by atoms with van der Waals surface area (Å²) in [6.07, 6.45) is 2.46. The van der Waals surface area contributed by atoms with Gasteiger partial charge >= 0.3 is 5.97 Å². The summed E-state index contributed by atoms with van der Waals surface area (Å²) in [5, 5.41) is 3.01. The summed E-state index contributed by atoms with van der Waals surface area (Å²) in [4.78, 5) is 56.0. The van der Waals surface area contributed by atoms with E-state index in [1.165, 1.54) is 11.8 Å². The van der Waals surface area contributed by atoms with Gasteiger partial charge in [0, 0.05) is 24.2 Å². The molecular formula is C26H25N3O5. The molecule has 8 nitrogen and oxygen atoms in total. The molecule has 0 aromatic heterocycles. The molecule has 0 saturated carbocycles. The van der Waals surface area contributed by atoms with Crippen molar-refractivity contribution in [1.82, 2.24) is 4.90 Å². The third-order valence-corrected chi connectivity index (χ3v) is 7.82. The first-order valence-electron chi connectivity index (χ1n) is 11.8. The molecule has 0 aliphatic carbocycles. The number of anilines is 2. The van der Waals surface area contributed by atoms with Gasteiger partial charge in [-0.25, -0.2) is 4.90 Å². The molecule has 6 rings (SSSR count). The fourth-order valence-corrected chi connectivity index (χ4v) is 6.55. The van der Waals surface area contributed by atoms with Crippen molar-refractivity contribution in [1.29, 1.82) is 0 Å². The van der Waals surface area contributed by atoms with Crippen LogP contribution in [0.3, 0.4) is 0 Å². The lowest BCUT2D eigenvalue weighted by atomic mass is 9.75. The number of esters is 1. The Labute approximate surface area is 196 Å². The van der Waals surface area contributed by atoms with Gasteiger partial charge in [-0.05, 0) is 61.7 Å². The van der Waals surface area contributed by atoms with Crippen molar-refractivity contribution >= 4 is 35.1 Å². The topological polar surface area (TPSA) is 96.0 Å². The second-order valence-electron chi connectivity index (χ2n) is 9.46. The molecular weight excluding hydrogens is 434 g/mol. The molecule has 1 N–H and O–H groups in total. The Morgan fingerprint density at radius 1 is 1.12 bits per heavy atom. The zero-order valence-corrected chi connectivity index (χ0v) is 19.0. The van der Waals surface area contributed by atoms with E-state index >= 15 is 0 Å². The van der Waals surface area contributed by atoms with Gasteiger partial charge in [0.1, 0.15) is 11.3 Å². The van der Waals surface area contributed by atoms with Crippen molar-refractivity contribution in [3.8, 4) is 5.75 Å². The summed E-state index contributed by atoms with van der Waals surface area (Å²) in [7, 11) is 0. The summed E-state index contributed by atoms with van der Waals surface area (Å²) in [5.74, 6) is -2.31. The smallest absolute Gasteiger partial charge is 0.308 e. The molecule has 1 spiro atoms. The Morgan fingerprint density at radius 3 is 2.59 bits per heavy atom. The van der Waals surface area contributed by atoms with Crippen molar-refractivity contribution in [3.63, 3.8) is 0 Å². The van der Waals surface area contributed by atoms with E-state index < -0.39 is 23.3 Å². The average Bonchev–Trinajstić information content (AvgIpc) is 3.52. The predicted molar refractivity (Wildman–Crippen MR) is 123 cm³/mol. The molecule has 34 heavy (non-hydrogen) atoms. The number of rotatable bonds is 3. The van der Waals surface area contributed by atoms with E-state index in [1.54, 1.807) is 24.3 Å². The maximum atomic E-state index is 14.0. The molecule has 3 amide bonds. The first-order valence-corrected chi connectivity index (χ1v) is 11.8. The van der Waals surface area contributed by atoms with Crippen molar-refractivity contribution in [3.05, 3.63) is 53.6 Å². The third-order valence-electron chi connectivity index (χ3n) is 7.82. The Balaban J connectivity index is 1.47. The number of amides is 3. The van der Waals surface area contributed by atoms with Crippen molar-refractivity contribution in [2.24, 2.45) is 11.8 Å². The fourth-order valence-electron chi connectivity index (χ4n) is 6.55. The Hall–Kier alpha value is -3.52. The van der Waals surface area contributed by atoms with Gasteiger partial charge in [-0.3, -0.25) is 24.1 Å². The van der Waals surface area contributed by atoms with Crippen molar-refractivity contribution in [2.75, 3.05) is 16.8 Å². The molecule has 4 heterocycles. The Morgan fingerprint density at radius 2 is 1.88 bits per heavy atom. The van der Waals surface area contributed by atoms with Gasteiger partial charge in [-0.2, -0.15) is 0 Å². The highest BCUT2D eigenvalue weighted by Crippen LogP contribution is 2.60. The van der Waals surface area contributed by atoms with E-state index in [4.69, 9.17) is 4.74 Å². The molecule has 0 radical (unpaired) electrons. The molecule has 4 aliphatic heterocycles. The van der Waals surface area contributed by atoms with E-state index in [2.05, 4.69) is 17.1 Å². The quantitative estimate of drug-likeness (QED) is 0.431. The maximum absolute atomic E-state index is 14.0. The lowest BCUT2D eigenvalue weighted by Crippen LogP contribution is -2.54. The van der Waals surface area contributed by atoms with Gasteiger partial charge in [0.2, 0.25) is 17.7 Å². The number of ether oxygens (including phenoxy) is 1.